The Hall–Kier alpha value is -4.14. The van der Waals surface area contributed by atoms with Gasteiger partial charge >= 0.3 is 5.97 Å². The number of hydrogen-bond acceptors (Lipinski definition) is 6. The number of hydrogen-bond donors (Lipinski definition) is 2. The first-order valence-electron chi connectivity index (χ1n) is 12.2. The summed E-state index contributed by atoms with van der Waals surface area (Å²) in [4.78, 5) is 49.7. The van der Waals surface area contributed by atoms with Gasteiger partial charge in [0.15, 0.2) is 6.61 Å². The van der Waals surface area contributed by atoms with Crippen molar-refractivity contribution in [3.05, 3.63) is 65.4 Å². The van der Waals surface area contributed by atoms with Crippen LogP contribution < -0.4 is 15.8 Å². The van der Waals surface area contributed by atoms with Gasteiger partial charge in [0, 0.05) is 12.2 Å². The third kappa shape index (κ3) is 6.35. The van der Waals surface area contributed by atoms with Crippen molar-refractivity contribution in [1.82, 2.24) is 9.88 Å². The summed E-state index contributed by atoms with van der Waals surface area (Å²) in [6.07, 6.45) is 0.874. The van der Waals surface area contributed by atoms with E-state index in [1.807, 2.05) is 61.7 Å². The largest absolute Gasteiger partial charge is 0.483 e. The number of esters is 1. The van der Waals surface area contributed by atoms with Crippen LogP contribution in [-0.4, -0.2) is 47.9 Å². The van der Waals surface area contributed by atoms with Crippen molar-refractivity contribution in [3.8, 4) is 5.75 Å². The van der Waals surface area contributed by atoms with Crippen molar-refractivity contribution < 1.29 is 28.7 Å². The maximum absolute atomic E-state index is 13.0. The predicted molar refractivity (Wildman–Crippen MR) is 139 cm³/mol. The van der Waals surface area contributed by atoms with E-state index in [1.165, 1.54) is 7.11 Å². The lowest BCUT2D eigenvalue weighted by atomic mass is 10.0. The zero-order chi connectivity index (χ0) is 27.1. The second-order valence-electron chi connectivity index (χ2n) is 9.15. The molecule has 0 spiro atoms. The van der Waals surface area contributed by atoms with Crippen LogP contribution in [0, 0.1) is 5.92 Å². The Morgan fingerprint density at radius 3 is 2.32 bits per heavy atom. The third-order valence-electron chi connectivity index (χ3n) is 6.02. The molecule has 0 saturated carbocycles. The highest BCUT2D eigenvalue weighted by atomic mass is 16.5. The zero-order valence-electron chi connectivity index (χ0n) is 21.6. The van der Waals surface area contributed by atoms with Crippen LogP contribution in [0.2, 0.25) is 0 Å². The minimum Gasteiger partial charge on any atom is -0.483 e. The molecule has 0 aliphatic rings. The smallest absolute Gasteiger partial charge is 0.328 e. The van der Waals surface area contributed by atoms with E-state index >= 15 is 0 Å². The number of carbonyl (C=O) groups excluding carboxylic acids is 4. The van der Waals surface area contributed by atoms with Gasteiger partial charge in [-0.05, 0) is 36.5 Å². The number of rotatable bonds is 12. The fraction of sp³-hybridized carbons (Fsp3) is 0.357. The van der Waals surface area contributed by atoms with Crippen molar-refractivity contribution >= 4 is 34.5 Å². The molecule has 0 radical (unpaired) electrons. The van der Waals surface area contributed by atoms with Crippen LogP contribution in [0.1, 0.15) is 48.8 Å². The fourth-order valence-corrected chi connectivity index (χ4v) is 4.43. The van der Waals surface area contributed by atoms with Gasteiger partial charge in [-0.25, -0.2) is 4.79 Å². The molecule has 1 heterocycles. The molecule has 3 rings (SSSR count). The Balaban J connectivity index is 2.00. The van der Waals surface area contributed by atoms with Crippen molar-refractivity contribution in [2.24, 2.45) is 11.7 Å². The summed E-state index contributed by atoms with van der Waals surface area (Å²) in [6, 6.07) is 14.1. The first-order valence-corrected chi connectivity index (χ1v) is 12.2. The average Bonchev–Trinajstić information content (AvgIpc) is 3.19. The van der Waals surface area contributed by atoms with E-state index in [4.69, 9.17) is 15.2 Å². The van der Waals surface area contributed by atoms with Gasteiger partial charge in [0.2, 0.25) is 0 Å². The molecule has 2 aromatic carbocycles. The molecule has 1 aromatic heterocycles. The van der Waals surface area contributed by atoms with E-state index in [2.05, 4.69) is 5.32 Å². The van der Waals surface area contributed by atoms with E-state index in [-0.39, 0.29) is 17.2 Å². The van der Waals surface area contributed by atoms with Gasteiger partial charge in [-0.15, -0.1) is 0 Å². The molecule has 0 aliphatic carbocycles. The van der Waals surface area contributed by atoms with Gasteiger partial charge in [0.25, 0.3) is 17.6 Å². The lowest BCUT2D eigenvalue weighted by Gasteiger charge is -2.18. The molecule has 3 aromatic rings. The molecular formula is C28H33N3O6. The maximum Gasteiger partial charge on any atom is 0.328 e. The molecule has 0 aliphatic heterocycles. The number of benzene rings is 2. The van der Waals surface area contributed by atoms with Crippen LogP contribution >= 0.6 is 0 Å². The summed E-state index contributed by atoms with van der Waals surface area (Å²) >= 11 is 0. The number of nitrogens with two attached hydrogens (primary N) is 1. The SMILES string of the molecule is CCc1c(C(=O)C(N)=O)c2c(OCC(=O)N[C@@H](CC(C)C)C(=O)OC)cccc2n1Cc1ccccc1. The Labute approximate surface area is 215 Å². The minimum absolute atomic E-state index is 0.151. The standard InChI is InChI=1S/C28H33N3O6/c1-5-20-25(26(33)27(29)34)24-21(31(20)15-18-10-7-6-8-11-18)12-9-13-22(24)37-16-23(32)30-19(14-17(2)3)28(35)36-4/h6-13,17,19H,5,14-16H2,1-4H3,(H2,29,34)(H,30,32)/t19-/m0/s1. The number of fused-ring (bicyclic) bond motifs is 1. The summed E-state index contributed by atoms with van der Waals surface area (Å²) in [5, 5.41) is 3.06. The predicted octanol–water partition coefficient (Wildman–Crippen LogP) is 3.00. The lowest BCUT2D eigenvalue weighted by molar-refractivity contribution is -0.145. The van der Waals surface area contributed by atoms with Gasteiger partial charge in [-0.3, -0.25) is 14.4 Å². The van der Waals surface area contributed by atoms with Gasteiger partial charge in [-0.2, -0.15) is 0 Å². The summed E-state index contributed by atoms with van der Waals surface area (Å²) in [5.74, 6) is -2.54. The van der Waals surface area contributed by atoms with Crippen LogP contribution in [-0.2, 0) is 32.1 Å². The Morgan fingerprint density at radius 2 is 1.73 bits per heavy atom. The summed E-state index contributed by atoms with van der Waals surface area (Å²) < 4.78 is 12.6. The van der Waals surface area contributed by atoms with E-state index in [1.54, 1.807) is 12.1 Å². The van der Waals surface area contributed by atoms with Crippen LogP contribution in [0.25, 0.3) is 10.9 Å². The van der Waals surface area contributed by atoms with Crippen LogP contribution in [0.5, 0.6) is 5.75 Å². The molecule has 9 nitrogen and oxygen atoms in total. The van der Waals surface area contributed by atoms with Gasteiger partial charge in [0.1, 0.15) is 11.8 Å². The average molecular weight is 508 g/mol. The number of nitrogens with one attached hydrogen (secondary N) is 1. The normalized spacial score (nSPS) is 11.8. The van der Waals surface area contributed by atoms with Crippen LogP contribution in [0.4, 0.5) is 0 Å². The number of methoxy groups -OCH3 is 1. The highest BCUT2D eigenvalue weighted by molar-refractivity contribution is 6.45. The summed E-state index contributed by atoms with van der Waals surface area (Å²) in [6.45, 7) is 5.82. The number of carbonyl (C=O) groups is 4. The second-order valence-corrected chi connectivity index (χ2v) is 9.15. The highest BCUT2D eigenvalue weighted by Gasteiger charge is 2.28. The number of amides is 2. The molecule has 0 bridgehead atoms. The number of Topliss-reactive ketones (excluding diaryl/α,β-unsaturated/α-hetero) is 1. The number of nitrogens with zero attached hydrogens (tertiary/aromatic N) is 1. The molecule has 2 amide bonds. The van der Waals surface area contributed by atoms with E-state index in [0.29, 0.717) is 36.0 Å². The topological polar surface area (TPSA) is 130 Å². The Morgan fingerprint density at radius 1 is 1.03 bits per heavy atom. The van der Waals surface area contributed by atoms with Crippen LogP contribution in [0.15, 0.2) is 48.5 Å². The monoisotopic (exact) mass is 507 g/mol. The van der Waals surface area contributed by atoms with Gasteiger partial charge in [0.05, 0.1) is 23.6 Å². The molecule has 1 atom stereocenters. The van der Waals surface area contributed by atoms with Crippen molar-refractivity contribution in [3.63, 3.8) is 0 Å². The molecular weight excluding hydrogens is 474 g/mol. The molecule has 0 unspecified atom stereocenters. The molecule has 196 valence electrons. The lowest BCUT2D eigenvalue weighted by Crippen LogP contribution is -2.44. The van der Waals surface area contributed by atoms with Crippen molar-refractivity contribution in [1.29, 1.82) is 0 Å². The quantitative estimate of drug-likeness (QED) is 0.220. The van der Waals surface area contributed by atoms with Gasteiger partial charge in [-0.1, -0.05) is 57.2 Å². The minimum atomic E-state index is -1.07. The van der Waals surface area contributed by atoms with E-state index in [9.17, 15) is 19.2 Å². The number of ketones is 1. The first kappa shape index (κ1) is 27.4. The van der Waals surface area contributed by atoms with Gasteiger partial charge < -0.3 is 25.1 Å². The third-order valence-corrected chi connectivity index (χ3v) is 6.02. The number of ether oxygens (including phenoxy) is 2. The maximum atomic E-state index is 13.0. The molecule has 0 fully saturated rings. The van der Waals surface area contributed by atoms with E-state index < -0.39 is 36.2 Å². The number of primary amides is 1. The highest BCUT2D eigenvalue weighted by Crippen LogP contribution is 2.35. The van der Waals surface area contributed by atoms with E-state index in [0.717, 1.165) is 5.56 Å². The molecule has 9 heteroatoms. The molecule has 37 heavy (non-hydrogen) atoms. The molecule has 3 N–H and O–H groups in total. The Bertz CT molecular complexity index is 1300. The van der Waals surface area contributed by atoms with Crippen molar-refractivity contribution in [2.75, 3.05) is 13.7 Å². The summed E-state index contributed by atoms with van der Waals surface area (Å²) in [5.41, 5.74) is 7.91. The first-order chi connectivity index (χ1) is 17.7. The number of aromatic nitrogens is 1. The zero-order valence-corrected chi connectivity index (χ0v) is 21.6. The summed E-state index contributed by atoms with van der Waals surface area (Å²) in [7, 11) is 1.27. The molecule has 0 saturated heterocycles. The Kier molecular flexibility index (Phi) is 9.05. The van der Waals surface area contributed by atoms with Crippen molar-refractivity contribution in [2.45, 2.75) is 46.2 Å². The fourth-order valence-electron chi connectivity index (χ4n) is 4.43. The second kappa shape index (κ2) is 12.2. The van der Waals surface area contributed by atoms with Crippen LogP contribution in [0.3, 0.4) is 0 Å².